The van der Waals surface area contributed by atoms with Crippen molar-refractivity contribution < 1.29 is 4.79 Å². The summed E-state index contributed by atoms with van der Waals surface area (Å²) in [5.74, 6) is 0.936. The number of rotatable bonds is 6. The molecular formula is C25H23N9O. The summed E-state index contributed by atoms with van der Waals surface area (Å²) in [4.78, 5) is 21.9. The van der Waals surface area contributed by atoms with E-state index in [1.165, 1.54) is 18.5 Å². The lowest BCUT2D eigenvalue weighted by molar-refractivity contribution is 0.0959. The second-order valence-electron chi connectivity index (χ2n) is 7.86. The van der Waals surface area contributed by atoms with Crippen LogP contribution in [0, 0.1) is 0 Å². The molecule has 35 heavy (non-hydrogen) atoms. The highest BCUT2D eigenvalue weighted by molar-refractivity contribution is 6.00. The molecule has 0 bridgehead atoms. The van der Waals surface area contributed by atoms with Crippen molar-refractivity contribution in [1.29, 1.82) is 0 Å². The van der Waals surface area contributed by atoms with E-state index in [1.807, 2.05) is 60.1 Å². The number of fused-ring (bicyclic) bond motifs is 2. The zero-order valence-corrected chi connectivity index (χ0v) is 18.9. The monoisotopic (exact) mass is 465 g/mol. The van der Waals surface area contributed by atoms with Crippen molar-refractivity contribution in [2.45, 2.75) is 0 Å². The minimum absolute atomic E-state index is 0.294. The summed E-state index contributed by atoms with van der Waals surface area (Å²) in [6, 6.07) is 15.4. The number of carbonyl (C=O) groups is 1. The number of H-pyrrole nitrogens is 1. The first kappa shape index (κ1) is 21.7. The number of carbonyl (C=O) groups excluding carboxylic acids is 1. The van der Waals surface area contributed by atoms with Crippen LogP contribution < -0.4 is 22.1 Å². The molecule has 0 aliphatic heterocycles. The third-order valence-corrected chi connectivity index (χ3v) is 5.62. The number of hydrogen-bond acceptors (Lipinski definition) is 7. The molecule has 10 nitrogen and oxygen atoms in total. The number of aryl methyl sites for hydroxylation is 1. The lowest BCUT2D eigenvalue weighted by atomic mass is 10.1. The van der Waals surface area contributed by atoms with E-state index in [-0.39, 0.29) is 5.91 Å². The maximum absolute atomic E-state index is 12.8. The standard InChI is InChI=1S/C25H23N9O/c1-34-21-12-16(3-2-15(21)11-22(34)25(35)31-19(13-27)6-8-26)24-28-9-7-23(32-24)30-18-4-5-20-17(10-18)14-29-33-20/h2-14H,26-27H2,1H3,(H,29,33)(H,31,35)(H,28,30,32)/b8-6-,19-13+. The number of aromatic nitrogens is 5. The van der Waals surface area contributed by atoms with Gasteiger partial charge in [0.2, 0.25) is 0 Å². The van der Waals surface area contributed by atoms with Crippen molar-refractivity contribution in [3.63, 3.8) is 0 Å². The molecule has 10 heteroatoms. The minimum Gasteiger partial charge on any atom is -0.405 e. The third-order valence-electron chi connectivity index (χ3n) is 5.62. The van der Waals surface area contributed by atoms with E-state index in [0.29, 0.717) is 23.0 Å². The molecule has 7 N–H and O–H groups in total. The fourth-order valence-corrected chi connectivity index (χ4v) is 3.86. The van der Waals surface area contributed by atoms with Gasteiger partial charge in [-0.15, -0.1) is 0 Å². The van der Waals surface area contributed by atoms with E-state index in [0.717, 1.165) is 33.1 Å². The number of nitrogens with two attached hydrogens (primary N) is 2. The van der Waals surface area contributed by atoms with E-state index >= 15 is 0 Å². The number of nitrogens with one attached hydrogen (secondary N) is 3. The number of benzene rings is 2. The second kappa shape index (κ2) is 9.02. The number of hydrogen-bond donors (Lipinski definition) is 5. The molecule has 0 fully saturated rings. The van der Waals surface area contributed by atoms with Gasteiger partial charge in [0, 0.05) is 47.0 Å². The maximum Gasteiger partial charge on any atom is 0.272 e. The summed E-state index contributed by atoms with van der Waals surface area (Å²) in [7, 11) is 1.83. The minimum atomic E-state index is -0.294. The first-order chi connectivity index (χ1) is 17.1. The van der Waals surface area contributed by atoms with Gasteiger partial charge >= 0.3 is 0 Å². The predicted molar refractivity (Wildman–Crippen MR) is 136 cm³/mol. The summed E-state index contributed by atoms with van der Waals surface area (Å²) < 4.78 is 1.82. The Balaban J connectivity index is 1.43. The predicted octanol–water partition coefficient (Wildman–Crippen LogP) is 3.26. The quantitative estimate of drug-likeness (QED) is 0.241. The first-order valence-corrected chi connectivity index (χ1v) is 10.8. The molecular weight excluding hydrogens is 442 g/mol. The molecule has 5 rings (SSSR count). The Morgan fingerprint density at radius 1 is 1.09 bits per heavy atom. The van der Waals surface area contributed by atoms with Crippen molar-refractivity contribution in [3.8, 4) is 11.4 Å². The highest BCUT2D eigenvalue weighted by Crippen LogP contribution is 2.26. The Labute approximate surface area is 200 Å². The van der Waals surface area contributed by atoms with E-state index in [1.54, 1.807) is 12.4 Å². The zero-order chi connectivity index (χ0) is 24.4. The summed E-state index contributed by atoms with van der Waals surface area (Å²) in [6.45, 7) is 0. The molecule has 3 heterocycles. The Bertz CT molecular complexity index is 1610. The van der Waals surface area contributed by atoms with Crippen LogP contribution in [0.2, 0.25) is 0 Å². The van der Waals surface area contributed by atoms with Crippen molar-refractivity contribution >= 4 is 39.2 Å². The van der Waals surface area contributed by atoms with Gasteiger partial charge in [-0.1, -0.05) is 12.1 Å². The highest BCUT2D eigenvalue weighted by atomic mass is 16.2. The van der Waals surface area contributed by atoms with Crippen LogP contribution in [0.15, 0.2) is 85.1 Å². The summed E-state index contributed by atoms with van der Waals surface area (Å²) in [6.07, 6.45) is 7.60. The van der Waals surface area contributed by atoms with Crippen LogP contribution in [0.3, 0.4) is 0 Å². The van der Waals surface area contributed by atoms with Crippen molar-refractivity contribution in [3.05, 3.63) is 90.8 Å². The summed E-state index contributed by atoms with van der Waals surface area (Å²) in [5.41, 5.74) is 15.4. The van der Waals surface area contributed by atoms with Crippen molar-refractivity contribution in [2.75, 3.05) is 5.32 Å². The Kier molecular flexibility index (Phi) is 5.60. The molecule has 1 amide bonds. The second-order valence-corrected chi connectivity index (χ2v) is 7.86. The number of anilines is 2. The van der Waals surface area contributed by atoms with Crippen LogP contribution in [0.1, 0.15) is 10.5 Å². The third kappa shape index (κ3) is 4.27. The average molecular weight is 466 g/mol. The number of nitrogens with zero attached hydrogens (tertiary/aromatic N) is 4. The van der Waals surface area contributed by atoms with Crippen LogP contribution in [0.4, 0.5) is 11.5 Å². The maximum atomic E-state index is 12.8. The topological polar surface area (TPSA) is 153 Å². The van der Waals surface area contributed by atoms with Gasteiger partial charge in [-0.3, -0.25) is 9.89 Å². The zero-order valence-electron chi connectivity index (χ0n) is 18.9. The van der Waals surface area contributed by atoms with Gasteiger partial charge in [0.25, 0.3) is 5.91 Å². The van der Waals surface area contributed by atoms with Gasteiger partial charge in [0.1, 0.15) is 11.5 Å². The van der Waals surface area contributed by atoms with Gasteiger partial charge in [0.15, 0.2) is 5.82 Å². The molecule has 5 aromatic rings. The summed E-state index contributed by atoms with van der Waals surface area (Å²) >= 11 is 0. The fraction of sp³-hybridized carbons (Fsp3) is 0.0400. The molecule has 0 aliphatic rings. The molecule has 0 saturated carbocycles. The number of amides is 1. The molecule has 2 aromatic carbocycles. The van der Waals surface area contributed by atoms with Gasteiger partial charge in [-0.25, -0.2) is 9.97 Å². The van der Waals surface area contributed by atoms with Gasteiger partial charge in [0.05, 0.1) is 17.4 Å². The van der Waals surface area contributed by atoms with E-state index in [2.05, 4.69) is 30.8 Å². The largest absolute Gasteiger partial charge is 0.405 e. The average Bonchev–Trinajstić information content (AvgIpc) is 3.47. The fourth-order valence-electron chi connectivity index (χ4n) is 3.86. The van der Waals surface area contributed by atoms with Crippen LogP contribution in [-0.2, 0) is 7.05 Å². The van der Waals surface area contributed by atoms with Gasteiger partial charge in [-0.2, -0.15) is 5.10 Å². The molecule has 0 aliphatic carbocycles. The van der Waals surface area contributed by atoms with Gasteiger partial charge < -0.3 is 26.7 Å². The van der Waals surface area contributed by atoms with Crippen LogP contribution in [0.5, 0.6) is 0 Å². The number of aromatic amines is 1. The van der Waals surface area contributed by atoms with Crippen molar-refractivity contribution in [2.24, 2.45) is 18.5 Å². The summed E-state index contributed by atoms with van der Waals surface area (Å²) in [5, 5.41) is 15.0. The van der Waals surface area contributed by atoms with E-state index < -0.39 is 0 Å². The Morgan fingerprint density at radius 2 is 1.97 bits per heavy atom. The lowest BCUT2D eigenvalue weighted by Gasteiger charge is -2.08. The SMILES string of the molecule is Cn1c(C(=O)NC(/C=C\N)=C/N)cc2ccc(-c3nccc(Nc4ccc5[nH]ncc5c4)n3)cc21. The van der Waals surface area contributed by atoms with Gasteiger partial charge in [-0.05, 0) is 48.7 Å². The smallest absolute Gasteiger partial charge is 0.272 e. The van der Waals surface area contributed by atoms with Crippen molar-refractivity contribution in [1.82, 2.24) is 30.0 Å². The Hall–Kier alpha value is -5.12. The number of allylic oxidation sites excluding steroid dienone is 1. The van der Waals surface area contributed by atoms with Crippen LogP contribution in [0.25, 0.3) is 33.2 Å². The van der Waals surface area contributed by atoms with E-state index in [9.17, 15) is 4.79 Å². The molecule has 0 spiro atoms. The van der Waals surface area contributed by atoms with Crippen LogP contribution in [-0.4, -0.2) is 30.6 Å². The lowest BCUT2D eigenvalue weighted by Crippen LogP contribution is -2.24. The van der Waals surface area contributed by atoms with E-state index in [4.69, 9.17) is 11.5 Å². The molecule has 0 unspecified atom stereocenters. The first-order valence-electron chi connectivity index (χ1n) is 10.8. The molecule has 3 aromatic heterocycles. The Morgan fingerprint density at radius 3 is 2.80 bits per heavy atom. The molecule has 174 valence electrons. The molecule has 0 atom stereocenters. The normalized spacial score (nSPS) is 12.0. The van der Waals surface area contributed by atoms with Crippen LogP contribution >= 0.6 is 0 Å². The highest BCUT2D eigenvalue weighted by Gasteiger charge is 2.15. The molecule has 0 saturated heterocycles. The molecule has 0 radical (unpaired) electrons.